The van der Waals surface area contributed by atoms with Gasteiger partial charge in [-0.3, -0.25) is 14.3 Å². The van der Waals surface area contributed by atoms with Crippen molar-refractivity contribution in [2.24, 2.45) is 11.5 Å². The van der Waals surface area contributed by atoms with Gasteiger partial charge in [-0.1, -0.05) is 65.9 Å². The number of nitrogens with two attached hydrogens (primary N) is 2. The Morgan fingerprint density at radius 1 is 0.878 bits per heavy atom. The minimum absolute atomic E-state index is 0.134. The van der Waals surface area contributed by atoms with Crippen LogP contribution < -0.4 is 22.1 Å². The first kappa shape index (κ1) is 29.2. The van der Waals surface area contributed by atoms with Crippen molar-refractivity contribution in [3.05, 3.63) is 118 Å². The molecule has 0 saturated heterocycles. The number of hydrogen-bond acceptors (Lipinski definition) is 8. The van der Waals surface area contributed by atoms with Gasteiger partial charge in [0.25, 0.3) is 0 Å². The number of rotatable bonds is 14. The van der Waals surface area contributed by atoms with E-state index in [-0.39, 0.29) is 30.5 Å². The lowest BCUT2D eigenvalue weighted by Crippen LogP contribution is -2.28. The molecule has 2 aromatic heterocycles. The molecule has 0 atom stereocenters. The molecule has 2 amide bonds. The smallest absolute Gasteiger partial charge is 0.230 e. The minimum Gasteiger partial charge on any atom is -0.402 e. The van der Waals surface area contributed by atoms with Crippen LogP contribution in [-0.2, 0) is 35.4 Å². The van der Waals surface area contributed by atoms with E-state index in [2.05, 4.69) is 25.9 Å². The zero-order valence-electron chi connectivity index (χ0n) is 22.7. The number of nitrogens with one attached hydrogen (secondary N) is 2. The van der Waals surface area contributed by atoms with Crippen LogP contribution in [0.15, 0.2) is 96.7 Å². The summed E-state index contributed by atoms with van der Waals surface area (Å²) < 4.78 is 1.84. The summed E-state index contributed by atoms with van der Waals surface area (Å²) in [4.78, 5) is 24.7. The van der Waals surface area contributed by atoms with Gasteiger partial charge >= 0.3 is 0 Å². The van der Waals surface area contributed by atoms with Gasteiger partial charge in [-0.25, -0.2) is 0 Å². The molecule has 10 nitrogen and oxygen atoms in total. The van der Waals surface area contributed by atoms with Crippen LogP contribution in [0, 0.1) is 0 Å². The SMILES string of the molecule is N/C(=C\C=C(/N)NC(=O)Cc1ccccc1)CCCCc1nnc(NC(=O)Cc2cccc(Cn3cccn3)c2)s1. The molecule has 2 aromatic carbocycles. The van der Waals surface area contributed by atoms with Gasteiger partial charge in [0.05, 0.1) is 19.4 Å². The molecule has 6 N–H and O–H groups in total. The minimum atomic E-state index is -0.180. The zero-order valence-corrected chi connectivity index (χ0v) is 23.5. The first-order valence-corrected chi connectivity index (χ1v) is 14.2. The van der Waals surface area contributed by atoms with Crippen LogP contribution in [0.3, 0.4) is 0 Å². The average molecular weight is 571 g/mol. The van der Waals surface area contributed by atoms with Crippen molar-refractivity contribution >= 4 is 28.3 Å². The Bertz CT molecular complexity index is 1480. The molecule has 4 rings (SSSR count). The fraction of sp³-hybridized carbons (Fsp3) is 0.233. The largest absolute Gasteiger partial charge is 0.402 e. The molecule has 0 bridgehead atoms. The molecule has 0 unspecified atom stereocenters. The maximum absolute atomic E-state index is 12.6. The molecule has 4 aromatic rings. The van der Waals surface area contributed by atoms with Gasteiger partial charge in [0, 0.05) is 24.5 Å². The standard InChI is InChI=1S/C30H34N8O2S/c31-25(14-15-26(32)34-27(39)19-22-8-2-1-3-9-22)12-4-5-13-29-36-37-30(41-29)35-28(40)20-23-10-6-11-24(18-23)21-38-17-7-16-33-38/h1-3,6-11,14-18H,4-5,12-13,19-21,31-32H2,(H,34,39)(H,35,37,40)/b25-14-,26-15+. The third-order valence-electron chi connectivity index (χ3n) is 6.05. The number of anilines is 1. The Morgan fingerprint density at radius 2 is 1.66 bits per heavy atom. The molecule has 0 fully saturated rings. The van der Waals surface area contributed by atoms with E-state index in [1.54, 1.807) is 18.3 Å². The Balaban J connectivity index is 1.14. The van der Waals surface area contributed by atoms with E-state index in [1.807, 2.05) is 71.5 Å². The maximum Gasteiger partial charge on any atom is 0.230 e. The molecule has 0 radical (unpaired) electrons. The normalized spacial score (nSPS) is 11.8. The second-order valence-electron chi connectivity index (χ2n) is 9.53. The van der Waals surface area contributed by atoms with Crippen molar-refractivity contribution in [2.75, 3.05) is 5.32 Å². The van der Waals surface area contributed by atoms with E-state index in [1.165, 1.54) is 11.3 Å². The molecule has 0 spiro atoms. The Hall–Kier alpha value is -4.77. The highest BCUT2D eigenvalue weighted by atomic mass is 32.1. The van der Waals surface area contributed by atoms with E-state index < -0.39 is 0 Å². The molecule has 0 aliphatic rings. The number of amides is 2. The molecular weight excluding hydrogens is 536 g/mol. The second kappa shape index (κ2) is 15.1. The lowest BCUT2D eigenvalue weighted by Gasteiger charge is -2.06. The lowest BCUT2D eigenvalue weighted by molar-refractivity contribution is -0.119. The molecular formula is C30H34N8O2S. The highest BCUT2D eigenvalue weighted by Gasteiger charge is 2.10. The molecule has 2 heterocycles. The third-order valence-corrected chi connectivity index (χ3v) is 6.95. The number of unbranched alkanes of at least 4 members (excludes halogenated alkanes) is 1. The number of benzene rings is 2. The maximum atomic E-state index is 12.6. The molecule has 11 heteroatoms. The van der Waals surface area contributed by atoms with E-state index >= 15 is 0 Å². The van der Waals surface area contributed by atoms with Crippen molar-refractivity contribution in [2.45, 2.75) is 45.1 Å². The van der Waals surface area contributed by atoms with E-state index in [0.717, 1.165) is 41.0 Å². The summed E-state index contributed by atoms with van der Waals surface area (Å²) in [5.41, 5.74) is 15.6. The van der Waals surface area contributed by atoms with Crippen LogP contribution in [-0.4, -0.2) is 31.8 Å². The summed E-state index contributed by atoms with van der Waals surface area (Å²) >= 11 is 1.38. The number of hydrogen-bond donors (Lipinski definition) is 4. The van der Waals surface area contributed by atoms with Gasteiger partial charge in [-0.15, -0.1) is 10.2 Å². The van der Waals surface area contributed by atoms with E-state index in [9.17, 15) is 9.59 Å². The molecule has 0 saturated carbocycles. The Labute approximate surface area is 243 Å². The fourth-order valence-electron chi connectivity index (χ4n) is 4.09. The van der Waals surface area contributed by atoms with Crippen LogP contribution in [0.25, 0.3) is 0 Å². The van der Waals surface area contributed by atoms with Crippen LogP contribution in [0.2, 0.25) is 0 Å². The van der Waals surface area contributed by atoms with Gasteiger partial charge in [-0.2, -0.15) is 5.10 Å². The summed E-state index contributed by atoms with van der Waals surface area (Å²) in [6.45, 7) is 0.655. The summed E-state index contributed by atoms with van der Waals surface area (Å²) in [6, 6.07) is 19.3. The van der Waals surface area contributed by atoms with Crippen molar-refractivity contribution in [1.29, 1.82) is 0 Å². The number of nitrogens with zero attached hydrogens (tertiary/aromatic N) is 4. The summed E-state index contributed by atoms with van der Waals surface area (Å²) in [5.74, 6) is -0.0650. The molecule has 212 valence electrons. The van der Waals surface area contributed by atoms with Crippen molar-refractivity contribution in [3.8, 4) is 0 Å². The topological polar surface area (TPSA) is 154 Å². The highest BCUT2D eigenvalue weighted by Crippen LogP contribution is 2.18. The Kier molecular flexibility index (Phi) is 10.8. The second-order valence-corrected chi connectivity index (χ2v) is 10.6. The fourth-order valence-corrected chi connectivity index (χ4v) is 4.88. The van der Waals surface area contributed by atoms with Crippen LogP contribution in [0.1, 0.15) is 41.0 Å². The Morgan fingerprint density at radius 3 is 2.46 bits per heavy atom. The molecule has 0 aliphatic heterocycles. The van der Waals surface area contributed by atoms with Gasteiger partial charge < -0.3 is 22.1 Å². The summed E-state index contributed by atoms with van der Waals surface area (Å²) in [5, 5.41) is 19.4. The zero-order chi connectivity index (χ0) is 28.9. The van der Waals surface area contributed by atoms with Crippen molar-refractivity contribution < 1.29 is 9.59 Å². The first-order chi connectivity index (χ1) is 19.9. The monoisotopic (exact) mass is 570 g/mol. The first-order valence-electron chi connectivity index (χ1n) is 13.4. The number of allylic oxidation sites excluding steroid dienone is 3. The predicted molar refractivity (Wildman–Crippen MR) is 160 cm³/mol. The van der Waals surface area contributed by atoms with Gasteiger partial charge in [0.15, 0.2) is 0 Å². The van der Waals surface area contributed by atoms with Crippen LogP contribution >= 0.6 is 11.3 Å². The molecule has 0 aliphatic carbocycles. The number of carbonyl (C=O) groups is 2. The third kappa shape index (κ3) is 10.4. The van der Waals surface area contributed by atoms with E-state index in [0.29, 0.717) is 23.8 Å². The van der Waals surface area contributed by atoms with Crippen LogP contribution in [0.5, 0.6) is 0 Å². The summed E-state index contributed by atoms with van der Waals surface area (Å²) in [6.07, 6.45) is 10.6. The average Bonchev–Trinajstić information content (AvgIpc) is 3.63. The number of carbonyl (C=O) groups excluding carboxylic acids is 2. The molecule has 41 heavy (non-hydrogen) atoms. The van der Waals surface area contributed by atoms with Crippen molar-refractivity contribution in [3.63, 3.8) is 0 Å². The van der Waals surface area contributed by atoms with Gasteiger partial charge in [0.2, 0.25) is 16.9 Å². The van der Waals surface area contributed by atoms with Crippen LogP contribution in [0.4, 0.5) is 5.13 Å². The van der Waals surface area contributed by atoms with E-state index in [4.69, 9.17) is 11.5 Å². The summed E-state index contributed by atoms with van der Waals surface area (Å²) in [7, 11) is 0. The lowest BCUT2D eigenvalue weighted by atomic mass is 10.1. The van der Waals surface area contributed by atoms with Gasteiger partial charge in [0.1, 0.15) is 10.8 Å². The van der Waals surface area contributed by atoms with Crippen molar-refractivity contribution in [1.82, 2.24) is 25.3 Å². The highest BCUT2D eigenvalue weighted by molar-refractivity contribution is 7.15. The number of aryl methyl sites for hydroxylation is 1. The van der Waals surface area contributed by atoms with Gasteiger partial charge in [-0.05, 0) is 54.2 Å². The predicted octanol–water partition coefficient (Wildman–Crippen LogP) is 3.68. The quantitative estimate of drug-likeness (QED) is 0.133. The number of aromatic nitrogens is 4.